The molecule has 0 bridgehead atoms. The van der Waals surface area contributed by atoms with E-state index in [1.807, 2.05) is 52.9 Å². The molecule has 0 amide bonds. The van der Waals surface area contributed by atoms with E-state index < -0.39 is 11.8 Å². The van der Waals surface area contributed by atoms with E-state index in [1.165, 1.54) is 12.1 Å². The van der Waals surface area contributed by atoms with Gasteiger partial charge in [0, 0.05) is 3.57 Å². The van der Waals surface area contributed by atoms with Crippen LogP contribution in [0, 0.1) is 9.39 Å². The molecule has 2 rings (SSSR count). The molecular formula is C14H10FIO2. The summed E-state index contributed by atoms with van der Waals surface area (Å²) in [5, 5.41) is 0. The monoisotopic (exact) mass is 356 g/mol. The van der Waals surface area contributed by atoms with Gasteiger partial charge < -0.3 is 4.74 Å². The van der Waals surface area contributed by atoms with Crippen molar-refractivity contribution in [3.8, 4) is 0 Å². The number of benzene rings is 2. The third-order valence-corrected chi connectivity index (χ3v) is 2.93. The molecular weight excluding hydrogens is 346 g/mol. The van der Waals surface area contributed by atoms with E-state index in [1.54, 1.807) is 6.07 Å². The van der Waals surface area contributed by atoms with Gasteiger partial charge >= 0.3 is 5.97 Å². The summed E-state index contributed by atoms with van der Waals surface area (Å²) in [5.74, 6) is -0.954. The standard InChI is InChI=1S/C14H10FIO2/c15-12-6-11(7-13(16)8-12)14(17)18-9-10-4-2-1-3-5-10/h1-8H,9H2. The summed E-state index contributed by atoms with van der Waals surface area (Å²) in [6.45, 7) is 0.187. The lowest BCUT2D eigenvalue weighted by atomic mass is 10.2. The minimum atomic E-state index is -0.517. The van der Waals surface area contributed by atoms with Crippen molar-refractivity contribution in [3.05, 3.63) is 69.0 Å². The lowest BCUT2D eigenvalue weighted by Gasteiger charge is -2.05. The van der Waals surface area contributed by atoms with Crippen LogP contribution in [0.5, 0.6) is 0 Å². The first-order valence-electron chi connectivity index (χ1n) is 5.32. The summed E-state index contributed by atoms with van der Waals surface area (Å²) in [4.78, 5) is 11.7. The van der Waals surface area contributed by atoms with E-state index >= 15 is 0 Å². The Labute approximate surface area is 118 Å². The zero-order chi connectivity index (χ0) is 13.0. The zero-order valence-electron chi connectivity index (χ0n) is 9.40. The summed E-state index contributed by atoms with van der Waals surface area (Å²) in [6.07, 6.45) is 0. The fourth-order valence-electron chi connectivity index (χ4n) is 1.48. The van der Waals surface area contributed by atoms with Gasteiger partial charge in [0.15, 0.2) is 0 Å². The smallest absolute Gasteiger partial charge is 0.338 e. The van der Waals surface area contributed by atoms with Crippen LogP contribution in [0.25, 0.3) is 0 Å². The van der Waals surface area contributed by atoms with Crippen LogP contribution in [0.15, 0.2) is 48.5 Å². The molecule has 0 aromatic heterocycles. The molecule has 4 heteroatoms. The minimum Gasteiger partial charge on any atom is -0.457 e. The maximum Gasteiger partial charge on any atom is 0.338 e. The van der Waals surface area contributed by atoms with Crippen LogP contribution in [0.4, 0.5) is 4.39 Å². The highest BCUT2D eigenvalue weighted by Gasteiger charge is 2.09. The molecule has 2 nitrogen and oxygen atoms in total. The SMILES string of the molecule is O=C(OCc1ccccc1)c1cc(F)cc(I)c1. The predicted octanol–water partition coefficient (Wildman–Crippen LogP) is 3.79. The van der Waals surface area contributed by atoms with Crippen LogP contribution in [-0.4, -0.2) is 5.97 Å². The summed E-state index contributed by atoms with van der Waals surface area (Å²) in [6, 6.07) is 13.5. The fraction of sp³-hybridized carbons (Fsp3) is 0.0714. The largest absolute Gasteiger partial charge is 0.457 e. The van der Waals surface area contributed by atoms with Crippen molar-refractivity contribution in [1.29, 1.82) is 0 Å². The Morgan fingerprint density at radius 3 is 2.56 bits per heavy atom. The van der Waals surface area contributed by atoms with Crippen LogP contribution in [0.1, 0.15) is 15.9 Å². The van der Waals surface area contributed by atoms with E-state index in [4.69, 9.17) is 4.74 Å². The molecule has 0 fully saturated rings. The Kier molecular flexibility index (Phi) is 4.30. The summed E-state index contributed by atoms with van der Waals surface area (Å²) in [7, 11) is 0. The molecule has 0 unspecified atom stereocenters. The molecule has 92 valence electrons. The second-order valence-corrected chi connectivity index (χ2v) is 4.97. The van der Waals surface area contributed by atoms with Crippen molar-refractivity contribution in [3.63, 3.8) is 0 Å². The average Bonchev–Trinajstić information content (AvgIpc) is 2.36. The molecule has 0 radical (unpaired) electrons. The van der Waals surface area contributed by atoms with E-state index in [2.05, 4.69) is 0 Å². The van der Waals surface area contributed by atoms with Crippen molar-refractivity contribution in [1.82, 2.24) is 0 Å². The maximum absolute atomic E-state index is 13.1. The first-order valence-corrected chi connectivity index (χ1v) is 6.40. The lowest BCUT2D eigenvalue weighted by Crippen LogP contribution is -2.06. The number of carbonyl (C=O) groups excluding carboxylic acids is 1. The van der Waals surface area contributed by atoms with Crippen molar-refractivity contribution >= 4 is 28.6 Å². The normalized spacial score (nSPS) is 10.1. The van der Waals surface area contributed by atoms with E-state index in [9.17, 15) is 9.18 Å². The Morgan fingerprint density at radius 1 is 1.17 bits per heavy atom. The second kappa shape index (κ2) is 5.95. The highest BCUT2D eigenvalue weighted by molar-refractivity contribution is 14.1. The van der Waals surface area contributed by atoms with Crippen molar-refractivity contribution in [2.24, 2.45) is 0 Å². The maximum atomic E-state index is 13.1. The number of hydrogen-bond acceptors (Lipinski definition) is 2. The van der Waals surface area contributed by atoms with Gasteiger partial charge in [-0.3, -0.25) is 0 Å². The van der Waals surface area contributed by atoms with Gasteiger partial charge in [-0.25, -0.2) is 9.18 Å². The molecule has 0 spiro atoms. The number of carbonyl (C=O) groups is 1. The van der Waals surface area contributed by atoms with Gasteiger partial charge in [-0.2, -0.15) is 0 Å². The molecule has 0 aliphatic rings. The van der Waals surface area contributed by atoms with Crippen molar-refractivity contribution in [2.45, 2.75) is 6.61 Å². The lowest BCUT2D eigenvalue weighted by molar-refractivity contribution is 0.0472. The number of esters is 1. The van der Waals surface area contributed by atoms with Gasteiger partial charge in [-0.15, -0.1) is 0 Å². The molecule has 0 heterocycles. The number of ether oxygens (including phenoxy) is 1. The predicted molar refractivity (Wildman–Crippen MR) is 74.7 cm³/mol. The van der Waals surface area contributed by atoms with Gasteiger partial charge in [-0.1, -0.05) is 30.3 Å². The summed E-state index contributed by atoms with van der Waals surface area (Å²) >= 11 is 1.96. The first-order chi connectivity index (χ1) is 8.65. The van der Waals surface area contributed by atoms with Gasteiger partial charge in [-0.05, 0) is 46.4 Å². The molecule has 2 aromatic rings. The Balaban J connectivity index is 2.04. The third-order valence-electron chi connectivity index (χ3n) is 2.31. The van der Waals surface area contributed by atoms with Crippen molar-refractivity contribution in [2.75, 3.05) is 0 Å². The first kappa shape index (κ1) is 13.0. The molecule has 0 atom stereocenters. The van der Waals surface area contributed by atoms with Crippen LogP contribution in [-0.2, 0) is 11.3 Å². The zero-order valence-corrected chi connectivity index (χ0v) is 11.6. The van der Waals surface area contributed by atoms with Crippen LogP contribution in [0.2, 0.25) is 0 Å². The Bertz CT molecular complexity index is 535. The van der Waals surface area contributed by atoms with Crippen LogP contribution in [0.3, 0.4) is 0 Å². The second-order valence-electron chi connectivity index (χ2n) is 3.72. The highest BCUT2D eigenvalue weighted by atomic mass is 127. The van der Waals surface area contributed by atoms with E-state index in [-0.39, 0.29) is 12.2 Å². The number of hydrogen-bond donors (Lipinski definition) is 0. The topological polar surface area (TPSA) is 26.3 Å². The molecule has 2 aromatic carbocycles. The van der Waals surface area contributed by atoms with E-state index in [0.29, 0.717) is 3.57 Å². The van der Waals surface area contributed by atoms with Crippen LogP contribution < -0.4 is 0 Å². The summed E-state index contributed by atoms with van der Waals surface area (Å²) in [5.41, 5.74) is 1.13. The third kappa shape index (κ3) is 3.53. The number of halogens is 2. The molecule has 0 saturated carbocycles. The van der Waals surface area contributed by atoms with E-state index in [0.717, 1.165) is 5.56 Å². The molecule has 0 saturated heterocycles. The van der Waals surface area contributed by atoms with Gasteiger partial charge in [0.1, 0.15) is 12.4 Å². The fourth-order valence-corrected chi connectivity index (χ4v) is 2.11. The van der Waals surface area contributed by atoms with Crippen molar-refractivity contribution < 1.29 is 13.9 Å². The molecule has 0 aliphatic heterocycles. The van der Waals surface area contributed by atoms with Gasteiger partial charge in [0.05, 0.1) is 5.56 Å². The Morgan fingerprint density at radius 2 is 1.89 bits per heavy atom. The van der Waals surface area contributed by atoms with Gasteiger partial charge in [0.25, 0.3) is 0 Å². The van der Waals surface area contributed by atoms with Crippen LogP contribution >= 0.6 is 22.6 Å². The van der Waals surface area contributed by atoms with Gasteiger partial charge in [0.2, 0.25) is 0 Å². The Hall–Kier alpha value is -1.43. The minimum absolute atomic E-state index is 0.187. The number of rotatable bonds is 3. The molecule has 18 heavy (non-hydrogen) atoms. The quantitative estimate of drug-likeness (QED) is 0.618. The summed E-state index contributed by atoms with van der Waals surface area (Å²) < 4.78 is 18.9. The molecule has 0 aliphatic carbocycles. The average molecular weight is 356 g/mol. The molecule has 0 N–H and O–H groups in total. The highest BCUT2D eigenvalue weighted by Crippen LogP contribution is 2.13.